The SMILES string of the molecule is CC(C)Oc1ccc(C(=O)NC(CCO)C(C)C)cc1. The lowest BCUT2D eigenvalue weighted by Gasteiger charge is -2.21. The van der Waals surface area contributed by atoms with Crippen molar-refractivity contribution in [3.8, 4) is 5.75 Å². The molecule has 2 N–H and O–H groups in total. The van der Waals surface area contributed by atoms with Gasteiger partial charge in [-0.3, -0.25) is 4.79 Å². The Kier molecular flexibility index (Phi) is 6.52. The fourth-order valence-corrected chi connectivity index (χ4v) is 1.92. The van der Waals surface area contributed by atoms with Gasteiger partial charge in [-0.25, -0.2) is 0 Å². The number of rotatable bonds is 7. The average molecular weight is 279 g/mol. The predicted molar refractivity (Wildman–Crippen MR) is 80.0 cm³/mol. The largest absolute Gasteiger partial charge is 0.491 e. The highest BCUT2D eigenvalue weighted by Gasteiger charge is 2.16. The Hall–Kier alpha value is -1.55. The van der Waals surface area contributed by atoms with Gasteiger partial charge >= 0.3 is 0 Å². The van der Waals surface area contributed by atoms with E-state index in [0.717, 1.165) is 5.75 Å². The van der Waals surface area contributed by atoms with Gasteiger partial charge in [0, 0.05) is 18.2 Å². The molecule has 1 aromatic rings. The fourth-order valence-electron chi connectivity index (χ4n) is 1.92. The van der Waals surface area contributed by atoms with Gasteiger partial charge in [0.2, 0.25) is 0 Å². The number of aliphatic hydroxyl groups excluding tert-OH is 1. The summed E-state index contributed by atoms with van der Waals surface area (Å²) in [5, 5.41) is 12.0. The first-order chi connectivity index (χ1) is 9.43. The highest BCUT2D eigenvalue weighted by molar-refractivity contribution is 5.94. The Labute approximate surface area is 121 Å². The maximum absolute atomic E-state index is 12.1. The van der Waals surface area contributed by atoms with Crippen LogP contribution in [0.1, 0.15) is 44.5 Å². The molecular formula is C16H25NO3. The summed E-state index contributed by atoms with van der Waals surface area (Å²) in [6.07, 6.45) is 0.683. The van der Waals surface area contributed by atoms with Crippen molar-refractivity contribution < 1.29 is 14.6 Å². The van der Waals surface area contributed by atoms with Crippen LogP contribution in [0.4, 0.5) is 0 Å². The minimum Gasteiger partial charge on any atom is -0.491 e. The van der Waals surface area contributed by atoms with E-state index in [1.165, 1.54) is 0 Å². The molecule has 1 rings (SSSR count). The van der Waals surface area contributed by atoms with E-state index in [0.29, 0.717) is 12.0 Å². The summed E-state index contributed by atoms with van der Waals surface area (Å²) < 4.78 is 5.54. The first-order valence-corrected chi connectivity index (χ1v) is 7.12. The molecule has 4 nitrogen and oxygen atoms in total. The van der Waals surface area contributed by atoms with Crippen molar-refractivity contribution in [3.05, 3.63) is 29.8 Å². The lowest BCUT2D eigenvalue weighted by molar-refractivity contribution is 0.0916. The zero-order valence-electron chi connectivity index (χ0n) is 12.7. The molecule has 0 bridgehead atoms. The number of carbonyl (C=O) groups excluding carboxylic acids is 1. The quantitative estimate of drug-likeness (QED) is 0.806. The molecular weight excluding hydrogens is 254 g/mol. The summed E-state index contributed by atoms with van der Waals surface area (Å²) in [5.74, 6) is 0.926. The third-order valence-electron chi connectivity index (χ3n) is 3.05. The summed E-state index contributed by atoms with van der Waals surface area (Å²) in [6, 6.07) is 7.09. The van der Waals surface area contributed by atoms with Crippen LogP contribution >= 0.6 is 0 Å². The molecule has 0 aliphatic rings. The zero-order valence-corrected chi connectivity index (χ0v) is 12.7. The lowest BCUT2D eigenvalue weighted by Crippen LogP contribution is -2.39. The van der Waals surface area contributed by atoms with Crippen LogP contribution in [-0.4, -0.2) is 29.8 Å². The van der Waals surface area contributed by atoms with Crippen molar-refractivity contribution in [3.63, 3.8) is 0 Å². The van der Waals surface area contributed by atoms with Gasteiger partial charge in [-0.1, -0.05) is 13.8 Å². The number of ether oxygens (including phenoxy) is 1. The van der Waals surface area contributed by atoms with Crippen molar-refractivity contribution >= 4 is 5.91 Å². The molecule has 0 aliphatic carbocycles. The zero-order chi connectivity index (χ0) is 15.1. The number of carbonyl (C=O) groups is 1. The number of nitrogens with one attached hydrogen (secondary N) is 1. The van der Waals surface area contributed by atoms with Crippen molar-refractivity contribution in [1.82, 2.24) is 5.32 Å². The Morgan fingerprint density at radius 3 is 2.25 bits per heavy atom. The van der Waals surface area contributed by atoms with E-state index in [9.17, 15) is 4.79 Å². The van der Waals surface area contributed by atoms with Crippen LogP contribution in [0, 0.1) is 5.92 Å². The molecule has 1 aromatic carbocycles. The normalized spacial score (nSPS) is 12.6. The number of aliphatic hydroxyl groups is 1. The van der Waals surface area contributed by atoms with Crippen LogP contribution in [-0.2, 0) is 0 Å². The molecule has 112 valence electrons. The van der Waals surface area contributed by atoms with E-state index in [1.807, 2.05) is 27.7 Å². The van der Waals surface area contributed by atoms with Crippen molar-refractivity contribution in [1.29, 1.82) is 0 Å². The van der Waals surface area contributed by atoms with Crippen molar-refractivity contribution in [2.24, 2.45) is 5.92 Å². The molecule has 0 spiro atoms. The Morgan fingerprint density at radius 1 is 1.20 bits per heavy atom. The van der Waals surface area contributed by atoms with Gasteiger partial charge < -0.3 is 15.2 Å². The molecule has 1 unspecified atom stereocenters. The van der Waals surface area contributed by atoms with E-state index in [2.05, 4.69) is 5.32 Å². The van der Waals surface area contributed by atoms with E-state index >= 15 is 0 Å². The minimum absolute atomic E-state index is 0.0147. The number of hydrogen-bond acceptors (Lipinski definition) is 3. The molecule has 1 amide bonds. The van der Waals surface area contributed by atoms with Crippen molar-refractivity contribution in [2.45, 2.75) is 46.3 Å². The van der Waals surface area contributed by atoms with Gasteiger partial charge in [-0.2, -0.15) is 0 Å². The van der Waals surface area contributed by atoms with Crippen LogP contribution in [0.25, 0.3) is 0 Å². The van der Waals surface area contributed by atoms with E-state index < -0.39 is 0 Å². The van der Waals surface area contributed by atoms with Gasteiger partial charge in [0.05, 0.1) is 6.10 Å². The summed E-state index contributed by atoms with van der Waals surface area (Å²) in [6.45, 7) is 8.05. The second-order valence-corrected chi connectivity index (χ2v) is 5.53. The molecule has 0 saturated carbocycles. The van der Waals surface area contributed by atoms with Gasteiger partial charge in [0.15, 0.2) is 0 Å². The number of hydrogen-bond donors (Lipinski definition) is 2. The first-order valence-electron chi connectivity index (χ1n) is 7.12. The lowest BCUT2D eigenvalue weighted by atomic mass is 10.0. The summed E-state index contributed by atoms with van der Waals surface area (Å²) in [4.78, 5) is 12.1. The van der Waals surface area contributed by atoms with Crippen LogP contribution in [0.3, 0.4) is 0 Å². The summed E-state index contributed by atoms with van der Waals surface area (Å²) in [5.41, 5.74) is 0.602. The fraction of sp³-hybridized carbons (Fsp3) is 0.562. The van der Waals surface area contributed by atoms with Gasteiger partial charge in [-0.05, 0) is 50.5 Å². The van der Waals surface area contributed by atoms with Gasteiger partial charge in [0.25, 0.3) is 5.91 Å². The molecule has 0 aliphatic heterocycles. The second-order valence-electron chi connectivity index (χ2n) is 5.53. The molecule has 4 heteroatoms. The number of amides is 1. The minimum atomic E-state index is -0.117. The van der Waals surface area contributed by atoms with Crippen LogP contribution < -0.4 is 10.1 Å². The molecule has 0 fully saturated rings. The van der Waals surface area contributed by atoms with Gasteiger partial charge in [-0.15, -0.1) is 0 Å². The van der Waals surface area contributed by atoms with E-state index in [4.69, 9.17) is 9.84 Å². The highest BCUT2D eigenvalue weighted by Crippen LogP contribution is 2.14. The molecule has 20 heavy (non-hydrogen) atoms. The smallest absolute Gasteiger partial charge is 0.251 e. The first kappa shape index (κ1) is 16.5. The molecule has 0 heterocycles. The second kappa shape index (κ2) is 7.90. The predicted octanol–water partition coefficient (Wildman–Crippen LogP) is 2.61. The summed E-state index contributed by atoms with van der Waals surface area (Å²) in [7, 11) is 0. The molecule has 0 aromatic heterocycles. The highest BCUT2D eigenvalue weighted by atomic mass is 16.5. The standard InChI is InChI=1S/C16H25NO3/c1-11(2)15(9-10-18)17-16(19)13-5-7-14(8-6-13)20-12(3)4/h5-8,11-12,15,18H,9-10H2,1-4H3,(H,17,19). The Bertz CT molecular complexity index is 412. The van der Waals surface area contributed by atoms with E-state index in [-0.39, 0.29) is 30.6 Å². The molecule has 1 atom stereocenters. The molecule has 0 radical (unpaired) electrons. The summed E-state index contributed by atoms with van der Waals surface area (Å²) >= 11 is 0. The third kappa shape index (κ3) is 5.21. The maximum Gasteiger partial charge on any atom is 0.251 e. The van der Waals surface area contributed by atoms with Crippen molar-refractivity contribution in [2.75, 3.05) is 6.61 Å². The topological polar surface area (TPSA) is 58.6 Å². The Balaban J connectivity index is 2.67. The van der Waals surface area contributed by atoms with E-state index in [1.54, 1.807) is 24.3 Å². The average Bonchev–Trinajstić information content (AvgIpc) is 2.38. The Morgan fingerprint density at radius 2 is 1.80 bits per heavy atom. The monoisotopic (exact) mass is 279 g/mol. The third-order valence-corrected chi connectivity index (χ3v) is 3.05. The van der Waals surface area contributed by atoms with Crippen LogP contribution in [0.5, 0.6) is 5.75 Å². The van der Waals surface area contributed by atoms with Crippen LogP contribution in [0.2, 0.25) is 0 Å². The maximum atomic E-state index is 12.1. The van der Waals surface area contributed by atoms with Crippen LogP contribution in [0.15, 0.2) is 24.3 Å². The van der Waals surface area contributed by atoms with Gasteiger partial charge in [0.1, 0.15) is 5.75 Å². The number of benzene rings is 1. The molecule has 0 saturated heterocycles.